The van der Waals surface area contributed by atoms with Crippen molar-refractivity contribution < 1.29 is 32.2 Å². The van der Waals surface area contributed by atoms with Crippen LogP contribution in [0.25, 0.3) is 0 Å². The number of carbonyl (C=O) groups is 2. The molecule has 1 aromatic rings. The summed E-state index contributed by atoms with van der Waals surface area (Å²) in [4.78, 5) is 27.7. The van der Waals surface area contributed by atoms with E-state index >= 15 is 0 Å². The molecule has 2 saturated heterocycles. The number of thioether (sulfide) groups is 1. The first kappa shape index (κ1) is 18.8. The number of aliphatic imine (C=N–C) groups is 1. The van der Waals surface area contributed by atoms with Gasteiger partial charge in [0, 0.05) is 10.9 Å². The number of anilines is 1. The number of carbonyl (C=O) groups excluding carboxylic acids is 2. The van der Waals surface area contributed by atoms with E-state index in [2.05, 4.69) is 9.73 Å². The minimum Gasteiger partial charge on any atom is -0.548 e. The second-order valence-electron chi connectivity index (χ2n) is 5.80. The van der Waals surface area contributed by atoms with Gasteiger partial charge in [0.05, 0.1) is 30.1 Å². The van der Waals surface area contributed by atoms with Crippen LogP contribution in [0.3, 0.4) is 0 Å². The fraction of sp³-hybridized carbons (Fsp3) is 0.400. The van der Waals surface area contributed by atoms with Gasteiger partial charge in [-0.3, -0.25) is 4.79 Å². The maximum atomic E-state index is 13.2. The predicted molar refractivity (Wildman–Crippen MR) is 91.0 cm³/mol. The monoisotopic (exact) mass is 401 g/mol. The second kappa shape index (κ2) is 7.33. The Labute approximate surface area is 153 Å². The maximum Gasteiger partial charge on any atom is 0.274 e. The SMILES string of the molecule is O=C([O-])COCC(=O)N=C1S[C@@H]2CS(=O)(=O)C[C@@H]2N1c1ccc(F)cc1. The third-order valence-electron chi connectivity index (χ3n) is 3.84. The number of hydrogen-bond donors (Lipinski definition) is 0. The first-order chi connectivity index (χ1) is 12.2. The second-order valence-corrected chi connectivity index (χ2v) is 9.16. The van der Waals surface area contributed by atoms with Gasteiger partial charge in [-0.1, -0.05) is 11.8 Å². The molecule has 1 aromatic carbocycles. The van der Waals surface area contributed by atoms with E-state index in [1.54, 1.807) is 4.90 Å². The summed E-state index contributed by atoms with van der Waals surface area (Å²) >= 11 is 1.16. The lowest BCUT2D eigenvalue weighted by molar-refractivity contribution is -0.309. The molecule has 140 valence electrons. The van der Waals surface area contributed by atoms with Crippen molar-refractivity contribution >= 4 is 44.3 Å². The maximum absolute atomic E-state index is 13.2. The molecule has 0 spiro atoms. The van der Waals surface area contributed by atoms with Crippen LogP contribution in [0.15, 0.2) is 29.3 Å². The zero-order valence-electron chi connectivity index (χ0n) is 13.3. The number of hydrogen-bond acceptors (Lipinski definition) is 7. The lowest BCUT2D eigenvalue weighted by atomic mass is 10.2. The van der Waals surface area contributed by atoms with Crippen LogP contribution in [0.4, 0.5) is 10.1 Å². The number of aliphatic carboxylic acids is 1. The predicted octanol–water partition coefficient (Wildman–Crippen LogP) is -0.806. The van der Waals surface area contributed by atoms with E-state index in [4.69, 9.17) is 0 Å². The number of ether oxygens (including phenoxy) is 1. The number of amidine groups is 1. The summed E-state index contributed by atoms with van der Waals surface area (Å²) in [5, 5.41) is 10.3. The summed E-state index contributed by atoms with van der Waals surface area (Å²) in [6.07, 6.45) is 0. The van der Waals surface area contributed by atoms with Crippen molar-refractivity contribution in [2.24, 2.45) is 4.99 Å². The number of amides is 1. The van der Waals surface area contributed by atoms with E-state index in [9.17, 15) is 27.5 Å². The molecular formula is C15H14FN2O6S2-. The van der Waals surface area contributed by atoms with Gasteiger partial charge < -0.3 is 19.5 Å². The molecule has 8 nitrogen and oxygen atoms in total. The zero-order chi connectivity index (χ0) is 18.9. The summed E-state index contributed by atoms with van der Waals surface area (Å²) in [6, 6.07) is 5.02. The summed E-state index contributed by atoms with van der Waals surface area (Å²) in [5.74, 6) is -2.72. The average Bonchev–Trinajstić information content (AvgIpc) is 2.99. The lowest BCUT2D eigenvalue weighted by Crippen LogP contribution is -2.37. The summed E-state index contributed by atoms with van der Waals surface area (Å²) in [5.41, 5.74) is 0.519. The van der Waals surface area contributed by atoms with Crippen LogP contribution >= 0.6 is 11.8 Å². The van der Waals surface area contributed by atoms with Crippen LogP contribution in [0.5, 0.6) is 0 Å². The quantitative estimate of drug-likeness (QED) is 0.629. The molecule has 0 aromatic heterocycles. The van der Waals surface area contributed by atoms with Crippen molar-refractivity contribution in [1.82, 2.24) is 0 Å². The molecule has 1 amide bonds. The molecule has 0 saturated carbocycles. The van der Waals surface area contributed by atoms with E-state index in [1.807, 2.05) is 0 Å². The summed E-state index contributed by atoms with van der Waals surface area (Å²) in [7, 11) is -3.20. The van der Waals surface area contributed by atoms with Crippen molar-refractivity contribution in [3.05, 3.63) is 30.1 Å². The highest BCUT2D eigenvalue weighted by molar-refractivity contribution is 8.16. The van der Waals surface area contributed by atoms with Crippen LogP contribution in [0.1, 0.15) is 0 Å². The van der Waals surface area contributed by atoms with Crippen molar-refractivity contribution in [3.63, 3.8) is 0 Å². The number of carboxylic acid groups (broad SMARTS) is 1. The van der Waals surface area contributed by atoms with Crippen LogP contribution in [-0.2, 0) is 24.2 Å². The number of carboxylic acids is 1. The molecule has 26 heavy (non-hydrogen) atoms. The van der Waals surface area contributed by atoms with Gasteiger partial charge in [0.25, 0.3) is 5.91 Å². The van der Waals surface area contributed by atoms with Crippen LogP contribution in [0.2, 0.25) is 0 Å². The third kappa shape index (κ3) is 4.22. The van der Waals surface area contributed by atoms with Crippen molar-refractivity contribution in [2.75, 3.05) is 29.6 Å². The Morgan fingerprint density at radius 3 is 2.62 bits per heavy atom. The van der Waals surface area contributed by atoms with Gasteiger partial charge in [0.1, 0.15) is 12.4 Å². The molecule has 0 radical (unpaired) electrons. The van der Waals surface area contributed by atoms with Gasteiger partial charge in [0.15, 0.2) is 15.0 Å². The Bertz CT molecular complexity index is 855. The molecule has 2 atom stereocenters. The number of rotatable bonds is 5. The van der Waals surface area contributed by atoms with Crippen LogP contribution in [-0.4, -0.2) is 61.5 Å². The topological polar surface area (TPSA) is 116 Å². The Morgan fingerprint density at radius 1 is 1.27 bits per heavy atom. The Hall–Kier alpha value is -1.98. The molecule has 2 aliphatic rings. The number of fused-ring (bicyclic) bond motifs is 1. The van der Waals surface area contributed by atoms with E-state index in [0.717, 1.165) is 11.8 Å². The molecule has 0 unspecified atom stereocenters. The van der Waals surface area contributed by atoms with Gasteiger partial charge in [0.2, 0.25) is 0 Å². The Morgan fingerprint density at radius 2 is 1.96 bits per heavy atom. The highest BCUT2D eigenvalue weighted by Crippen LogP contribution is 2.40. The van der Waals surface area contributed by atoms with Crippen molar-refractivity contribution in [1.29, 1.82) is 0 Å². The number of nitrogens with zero attached hydrogens (tertiary/aromatic N) is 2. The van der Waals surface area contributed by atoms with Crippen LogP contribution in [0, 0.1) is 5.82 Å². The average molecular weight is 401 g/mol. The summed E-state index contributed by atoms with van der Waals surface area (Å²) in [6.45, 7) is -1.27. The first-order valence-corrected chi connectivity index (χ1v) is 10.3. The molecule has 0 aliphatic carbocycles. The van der Waals surface area contributed by atoms with E-state index in [1.165, 1.54) is 24.3 Å². The molecule has 11 heteroatoms. The molecular weight excluding hydrogens is 387 g/mol. The van der Waals surface area contributed by atoms with Crippen molar-refractivity contribution in [2.45, 2.75) is 11.3 Å². The number of benzene rings is 1. The van der Waals surface area contributed by atoms with Gasteiger partial charge in [-0.15, -0.1) is 0 Å². The van der Waals surface area contributed by atoms with E-state index in [-0.39, 0.29) is 21.9 Å². The van der Waals surface area contributed by atoms with Gasteiger partial charge in [-0.05, 0) is 24.3 Å². The molecule has 3 rings (SSSR count). The highest BCUT2D eigenvalue weighted by atomic mass is 32.2. The van der Waals surface area contributed by atoms with E-state index in [0.29, 0.717) is 5.69 Å². The minimum atomic E-state index is -3.20. The fourth-order valence-electron chi connectivity index (χ4n) is 2.83. The smallest absolute Gasteiger partial charge is 0.274 e. The van der Waals surface area contributed by atoms with E-state index < -0.39 is 46.8 Å². The highest BCUT2D eigenvalue weighted by Gasteiger charge is 2.49. The Kier molecular flexibility index (Phi) is 5.30. The standard InChI is InChI=1S/C15H15FN2O6S2/c16-9-1-3-10(4-2-9)18-11-7-26(22,23)8-12(11)25-15(18)17-13(19)5-24-6-14(20)21/h1-4,11-12H,5-8H2,(H,20,21)/p-1/t11-,12+/m0/s1. The summed E-state index contributed by atoms with van der Waals surface area (Å²) < 4.78 is 41.7. The van der Waals surface area contributed by atoms with Gasteiger partial charge >= 0.3 is 0 Å². The largest absolute Gasteiger partial charge is 0.548 e. The molecule has 0 N–H and O–H groups in total. The van der Waals surface area contributed by atoms with Crippen LogP contribution < -0.4 is 10.0 Å². The molecule has 2 fully saturated rings. The van der Waals surface area contributed by atoms with Gasteiger partial charge in [-0.25, -0.2) is 12.8 Å². The normalized spacial score (nSPS) is 25.4. The third-order valence-corrected chi connectivity index (χ3v) is 7.05. The molecule has 2 heterocycles. The number of halogens is 1. The molecule has 2 aliphatic heterocycles. The fourth-order valence-corrected chi connectivity index (χ4v) is 6.76. The number of sulfone groups is 1. The Balaban J connectivity index is 1.84. The van der Waals surface area contributed by atoms with Gasteiger partial charge in [-0.2, -0.15) is 4.99 Å². The zero-order valence-corrected chi connectivity index (χ0v) is 15.0. The molecule has 0 bridgehead atoms. The minimum absolute atomic E-state index is 0.0333. The first-order valence-electron chi connectivity index (χ1n) is 7.56. The van der Waals surface area contributed by atoms with Crippen molar-refractivity contribution in [3.8, 4) is 0 Å². The lowest BCUT2D eigenvalue weighted by Gasteiger charge is -2.24.